The SMILES string of the molecule is COCC(O)C1(C)C2=C(C(=O)c3occ(C(=O)O)c31)[C@@H]1CCC(=O)C1(C)CC2. The van der Waals surface area contributed by atoms with Crippen molar-refractivity contribution in [3.63, 3.8) is 0 Å². The number of ether oxygens (including phenoxy) is 1. The molecule has 1 aromatic rings. The van der Waals surface area contributed by atoms with E-state index >= 15 is 0 Å². The Balaban J connectivity index is 1.99. The number of hydrogen-bond acceptors (Lipinski definition) is 6. The first-order valence-electron chi connectivity index (χ1n) is 9.51. The number of ketones is 2. The van der Waals surface area contributed by atoms with Gasteiger partial charge in [-0.25, -0.2) is 4.79 Å². The van der Waals surface area contributed by atoms with E-state index < -0.39 is 22.9 Å². The topological polar surface area (TPSA) is 114 Å². The summed E-state index contributed by atoms with van der Waals surface area (Å²) in [6.07, 6.45) is 2.03. The zero-order chi connectivity index (χ0) is 20.4. The second-order valence-corrected chi connectivity index (χ2v) is 8.49. The van der Waals surface area contributed by atoms with Gasteiger partial charge in [0, 0.05) is 41.4 Å². The fraction of sp³-hybridized carbons (Fsp3) is 0.571. The molecule has 4 atom stereocenters. The normalized spacial score (nSPS) is 32.8. The van der Waals surface area contributed by atoms with Gasteiger partial charge in [0.2, 0.25) is 5.78 Å². The van der Waals surface area contributed by atoms with Crippen LogP contribution in [0, 0.1) is 11.3 Å². The average molecular weight is 388 g/mol. The van der Waals surface area contributed by atoms with Gasteiger partial charge in [-0.1, -0.05) is 6.92 Å². The highest BCUT2D eigenvalue weighted by molar-refractivity contribution is 6.13. The number of furan rings is 1. The number of hydrogen-bond donors (Lipinski definition) is 2. The molecule has 1 saturated carbocycles. The molecule has 1 heterocycles. The summed E-state index contributed by atoms with van der Waals surface area (Å²) in [4.78, 5) is 37.7. The van der Waals surface area contributed by atoms with Crippen LogP contribution in [0.25, 0.3) is 0 Å². The Morgan fingerprint density at radius 1 is 1.36 bits per heavy atom. The van der Waals surface area contributed by atoms with Crippen LogP contribution in [0.1, 0.15) is 66.0 Å². The van der Waals surface area contributed by atoms with E-state index in [-0.39, 0.29) is 41.0 Å². The Morgan fingerprint density at radius 3 is 2.71 bits per heavy atom. The molecule has 4 rings (SSSR count). The highest BCUT2D eigenvalue weighted by atomic mass is 16.5. The summed E-state index contributed by atoms with van der Waals surface area (Å²) in [5, 5.41) is 20.7. The van der Waals surface area contributed by atoms with Crippen molar-refractivity contribution < 1.29 is 33.8 Å². The lowest BCUT2D eigenvalue weighted by atomic mass is 9.55. The molecule has 0 radical (unpaired) electrons. The molecule has 1 aromatic heterocycles. The van der Waals surface area contributed by atoms with Gasteiger partial charge < -0.3 is 19.4 Å². The molecular weight excluding hydrogens is 364 g/mol. The molecule has 0 spiro atoms. The standard InChI is InChI=1S/C21H24O7/c1-20-7-6-12-15(11(20)4-5-13(20)22)17(24)18-16(10(8-28-18)19(25)26)21(12,2)14(23)9-27-3/h8,11,14,23H,4-7,9H2,1-3H3,(H,25,26)/t11-,14?,20?,21?/m0/s1. The molecular formula is C21H24O7. The predicted octanol–water partition coefficient (Wildman–Crippen LogP) is 2.51. The monoisotopic (exact) mass is 388 g/mol. The quantitative estimate of drug-likeness (QED) is 0.814. The second-order valence-electron chi connectivity index (χ2n) is 8.49. The Morgan fingerprint density at radius 2 is 2.07 bits per heavy atom. The maximum absolute atomic E-state index is 13.4. The number of aliphatic hydroxyl groups excluding tert-OH is 1. The number of allylic oxidation sites excluding steroid dienone is 1. The lowest BCUT2D eigenvalue weighted by Crippen LogP contribution is -2.50. The van der Waals surface area contributed by atoms with Gasteiger partial charge >= 0.3 is 5.97 Å². The van der Waals surface area contributed by atoms with Crippen LogP contribution in [0.3, 0.4) is 0 Å². The van der Waals surface area contributed by atoms with Gasteiger partial charge in [0.25, 0.3) is 0 Å². The van der Waals surface area contributed by atoms with Gasteiger partial charge in [-0.05, 0) is 31.8 Å². The van der Waals surface area contributed by atoms with Crippen molar-refractivity contribution >= 4 is 17.5 Å². The first-order chi connectivity index (χ1) is 13.2. The summed E-state index contributed by atoms with van der Waals surface area (Å²) < 4.78 is 10.6. The van der Waals surface area contributed by atoms with Crippen LogP contribution in [-0.2, 0) is 14.9 Å². The number of aliphatic hydroxyl groups is 1. The summed E-state index contributed by atoms with van der Waals surface area (Å²) in [6.45, 7) is 3.64. The summed E-state index contributed by atoms with van der Waals surface area (Å²) >= 11 is 0. The number of carboxylic acids is 1. The van der Waals surface area contributed by atoms with Crippen LogP contribution < -0.4 is 0 Å². The van der Waals surface area contributed by atoms with Crippen LogP contribution >= 0.6 is 0 Å². The Hall–Kier alpha value is -2.25. The van der Waals surface area contributed by atoms with Gasteiger partial charge in [0.1, 0.15) is 17.6 Å². The van der Waals surface area contributed by atoms with Crippen LogP contribution in [0.15, 0.2) is 21.8 Å². The minimum atomic E-state index is -1.21. The van der Waals surface area contributed by atoms with E-state index in [9.17, 15) is 24.6 Å². The number of rotatable bonds is 4. The van der Waals surface area contributed by atoms with Crippen molar-refractivity contribution in [1.29, 1.82) is 0 Å². The Kier molecular flexibility index (Phi) is 4.17. The molecule has 28 heavy (non-hydrogen) atoms. The Bertz CT molecular complexity index is 923. The molecule has 0 saturated heterocycles. The summed E-state index contributed by atoms with van der Waals surface area (Å²) in [5.41, 5.74) is -0.403. The molecule has 0 aliphatic heterocycles. The van der Waals surface area contributed by atoms with Crippen LogP contribution in [0.5, 0.6) is 0 Å². The van der Waals surface area contributed by atoms with Gasteiger partial charge in [-0.3, -0.25) is 9.59 Å². The average Bonchev–Trinajstić information content (AvgIpc) is 3.22. The van der Waals surface area contributed by atoms with Crippen LogP contribution in [0.4, 0.5) is 0 Å². The number of carbonyl (C=O) groups is 3. The molecule has 2 N–H and O–H groups in total. The van der Waals surface area contributed by atoms with E-state index in [4.69, 9.17) is 9.15 Å². The van der Waals surface area contributed by atoms with Crippen molar-refractivity contribution in [2.24, 2.45) is 11.3 Å². The molecule has 3 aliphatic carbocycles. The summed E-state index contributed by atoms with van der Waals surface area (Å²) in [6, 6.07) is 0. The molecule has 7 heteroatoms. The van der Waals surface area contributed by atoms with Gasteiger partial charge in [-0.15, -0.1) is 0 Å². The lowest BCUT2D eigenvalue weighted by Gasteiger charge is -2.47. The van der Waals surface area contributed by atoms with Gasteiger partial charge in [0.15, 0.2) is 5.76 Å². The molecule has 7 nitrogen and oxygen atoms in total. The van der Waals surface area contributed by atoms with E-state index in [2.05, 4.69) is 0 Å². The zero-order valence-electron chi connectivity index (χ0n) is 16.2. The van der Waals surface area contributed by atoms with E-state index in [1.165, 1.54) is 7.11 Å². The van der Waals surface area contributed by atoms with Crippen molar-refractivity contribution in [2.75, 3.05) is 13.7 Å². The third kappa shape index (κ3) is 2.20. The lowest BCUT2D eigenvalue weighted by molar-refractivity contribution is -0.126. The van der Waals surface area contributed by atoms with Crippen molar-refractivity contribution in [3.05, 3.63) is 34.3 Å². The Labute approximate surface area is 162 Å². The number of carboxylic acid groups (broad SMARTS) is 1. The van der Waals surface area contributed by atoms with E-state index in [1.54, 1.807) is 6.92 Å². The minimum Gasteiger partial charge on any atom is -0.478 e. The maximum Gasteiger partial charge on any atom is 0.339 e. The molecule has 0 aromatic carbocycles. The largest absolute Gasteiger partial charge is 0.478 e. The van der Waals surface area contributed by atoms with Crippen LogP contribution in [0.2, 0.25) is 0 Å². The maximum atomic E-state index is 13.4. The van der Waals surface area contributed by atoms with E-state index in [0.29, 0.717) is 31.3 Å². The van der Waals surface area contributed by atoms with Crippen molar-refractivity contribution in [3.8, 4) is 0 Å². The van der Waals surface area contributed by atoms with E-state index in [1.807, 2.05) is 6.92 Å². The number of methoxy groups -OCH3 is 1. The molecule has 1 fully saturated rings. The summed E-state index contributed by atoms with van der Waals surface area (Å²) in [7, 11) is 1.46. The predicted molar refractivity (Wildman–Crippen MR) is 97.3 cm³/mol. The highest BCUT2D eigenvalue weighted by Gasteiger charge is 2.59. The second kappa shape index (κ2) is 6.12. The first-order valence-corrected chi connectivity index (χ1v) is 9.51. The highest BCUT2D eigenvalue weighted by Crippen LogP contribution is 2.59. The van der Waals surface area contributed by atoms with Crippen molar-refractivity contribution in [1.82, 2.24) is 0 Å². The molecule has 0 bridgehead atoms. The smallest absolute Gasteiger partial charge is 0.339 e. The third-order valence-corrected chi connectivity index (χ3v) is 7.24. The number of fused-ring (bicyclic) bond motifs is 3. The third-order valence-electron chi connectivity index (χ3n) is 7.24. The number of aromatic carboxylic acids is 1. The first kappa shape index (κ1) is 19.1. The van der Waals surface area contributed by atoms with Gasteiger partial charge in [-0.2, -0.15) is 0 Å². The molecule has 3 unspecified atom stereocenters. The minimum absolute atomic E-state index is 0.0218. The fourth-order valence-electron chi connectivity index (χ4n) is 5.58. The van der Waals surface area contributed by atoms with Crippen LogP contribution in [-0.4, -0.2) is 47.6 Å². The number of Topliss-reactive ketones (excluding diaryl/α,β-unsaturated/α-hetero) is 2. The van der Waals surface area contributed by atoms with Crippen molar-refractivity contribution in [2.45, 2.75) is 51.0 Å². The van der Waals surface area contributed by atoms with E-state index in [0.717, 1.165) is 11.8 Å². The molecule has 3 aliphatic rings. The van der Waals surface area contributed by atoms with Gasteiger partial charge in [0.05, 0.1) is 12.7 Å². The molecule has 150 valence electrons. The fourth-order valence-corrected chi connectivity index (χ4v) is 5.58. The summed E-state index contributed by atoms with van der Waals surface area (Å²) in [5.74, 6) is -1.69. The molecule has 0 amide bonds. The zero-order valence-corrected chi connectivity index (χ0v) is 16.2. The number of carbonyl (C=O) groups excluding carboxylic acids is 2.